The van der Waals surface area contributed by atoms with Crippen LogP contribution in [-0.2, 0) is 33.7 Å². The zero-order valence-electron chi connectivity index (χ0n) is 20.3. The highest BCUT2D eigenvalue weighted by Gasteiger charge is 2.61. The van der Waals surface area contributed by atoms with Crippen LogP contribution in [0.2, 0.25) is 0 Å². The summed E-state index contributed by atoms with van der Waals surface area (Å²) in [6.45, 7) is 2.09. The zero-order valence-corrected chi connectivity index (χ0v) is 20.3. The van der Waals surface area contributed by atoms with Gasteiger partial charge in [-0.3, -0.25) is 9.59 Å². The van der Waals surface area contributed by atoms with Crippen LogP contribution in [0.4, 0.5) is 4.79 Å². The second-order valence-electron chi connectivity index (χ2n) is 9.33. The van der Waals surface area contributed by atoms with E-state index in [1.807, 2.05) is 79.7 Å². The molecule has 0 unspecified atom stereocenters. The quantitative estimate of drug-likeness (QED) is 0.507. The number of hydrogen-bond acceptors (Lipinski definition) is 5. The third kappa shape index (κ3) is 4.21. The first-order chi connectivity index (χ1) is 17.4. The van der Waals surface area contributed by atoms with Gasteiger partial charge in [-0.25, -0.2) is 9.69 Å². The lowest BCUT2D eigenvalue weighted by atomic mass is 9.91. The van der Waals surface area contributed by atoms with E-state index in [-0.39, 0.29) is 13.0 Å². The number of hydrogen-bond donors (Lipinski definition) is 1. The van der Waals surface area contributed by atoms with Crippen LogP contribution < -0.4 is 10.1 Å². The number of carbonyl (C=O) groups is 3. The number of fused-ring (bicyclic) bond motifs is 1. The molecule has 7 heteroatoms. The molecule has 3 aromatic rings. The summed E-state index contributed by atoms with van der Waals surface area (Å²) in [4.78, 5) is 41.9. The van der Waals surface area contributed by atoms with Crippen molar-refractivity contribution in [2.24, 2.45) is 0 Å². The summed E-state index contributed by atoms with van der Waals surface area (Å²) >= 11 is 0. The molecule has 0 radical (unpaired) electrons. The third-order valence-electron chi connectivity index (χ3n) is 6.90. The van der Waals surface area contributed by atoms with Crippen molar-refractivity contribution in [1.29, 1.82) is 0 Å². The predicted octanol–water partition coefficient (Wildman–Crippen LogP) is 4.27. The number of amides is 3. The lowest BCUT2D eigenvalue weighted by Gasteiger charge is -2.26. The molecule has 1 fully saturated rings. The summed E-state index contributed by atoms with van der Waals surface area (Å²) in [5, 5.41) is 2.84. The van der Waals surface area contributed by atoms with Crippen LogP contribution in [0.3, 0.4) is 0 Å². The molecule has 7 nitrogen and oxygen atoms in total. The van der Waals surface area contributed by atoms with Gasteiger partial charge in [-0.15, -0.1) is 0 Å². The molecular weight excluding hydrogens is 456 g/mol. The fourth-order valence-electron chi connectivity index (χ4n) is 5.18. The fourth-order valence-corrected chi connectivity index (χ4v) is 5.18. The summed E-state index contributed by atoms with van der Waals surface area (Å²) in [5.74, 6) is -0.593. The van der Waals surface area contributed by atoms with Crippen LogP contribution in [0.15, 0.2) is 72.8 Å². The van der Waals surface area contributed by atoms with Gasteiger partial charge in [0.15, 0.2) is 0 Å². The molecule has 5 rings (SSSR count). The van der Waals surface area contributed by atoms with Gasteiger partial charge in [-0.2, -0.15) is 0 Å². The average molecular weight is 485 g/mol. The summed E-state index contributed by atoms with van der Waals surface area (Å²) in [5.41, 5.74) is 2.55. The minimum Gasteiger partial charge on any atom is -0.497 e. The Bertz CT molecular complexity index is 1320. The van der Waals surface area contributed by atoms with Gasteiger partial charge in [-0.1, -0.05) is 60.7 Å². The first-order valence-corrected chi connectivity index (χ1v) is 12.0. The SMILES string of the molecule is COc1cc(C)cc(CNC(=O)[C@@]2(Cc3ccccc3)OC(=O)N([C@@H]3CCc4ccccc43)C2=O)c1. The van der Waals surface area contributed by atoms with Crippen molar-refractivity contribution in [3.8, 4) is 5.75 Å². The number of cyclic esters (lactones) is 1. The number of ether oxygens (including phenoxy) is 2. The van der Waals surface area contributed by atoms with Gasteiger partial charge in [0, 0.05) is 13.0 Å². The molecule has 1 N–H and O–H groups in total. The van der Waals surface area contributed by atoms with E-state index in [4.69, 9.17) is 9.47 Å². The number of benzene rings is 3. The molecule has 1 aliphatic carbocycles. The highest BCUT2D eigenvalue weighted by atomic mass is 16.6. The molecule has 1 saturated heterocycles. The van der Waals surface area contributed by atoms with E-state index in [0.717, 1.165) is 39.1 Å². The van der Waals surface area contributed by atoms with E-state index >= 15 is 0 Å². The predicted molar refractivity (Wildman–Crippen MR) is 133 cm³/mol. The Morgan fingerprint density at radius 2 is 1.81 bits per heavy atom. The number of nitrogens with zero attached hydrogens (tertiary/aromatic N) is 1. The Labute approximate surface area is 210 Å². The summed E-state index contributed by atoms with van der Waals surface area (Å²) in [6, 6.07) is 22.1. The van der Waals surface area contributed by atoms with E-state index in [2.05, 4.69) is 5.32 Å². The van der Waals surface area contributed by atoms with Gasteiger partial charge < -0.3 is 14.8 Å². The summed E-state index contributed by atoms with van der Waals surface area (Å²) < 4.78 is 11.1. The van der Waals surface area contributed by atoms with Crippen molar-refractivity contribution < 1.29 is 23.9 Å². The maximum atomic E-state index is 13.9. The Balaban J connectivity index is 1.46. The van der Waals surface area contributed by atoms with Crippen molar-refractivity contribution in [3.05, 3.63) is 101 Å². The Hall–Kier alpha value is -4.13. The molecule has 1 aliphatic heterocycles. The monoisotopic (exact) mass is 484 g/mol. The van der Waals surface area contributed by atoms with Crippen LogP contribution in [0.5, 0.6) is 5.75 Å². The maximum Gasteiger partial charge on any atom is 0.418 e. The molecule has 2 aliphatic rings. The molecule has 3 aromatic carbocycles. The van der Waals surface area contributed by atoms with Gasteiger partial charge in [0.2, 0.25) is 0 Å². The molecule has 0 spiro atoms. The van der Waals surface area contributed by atoms with Crippen LogP contribution in [0.25, 0.3) is 0 Å². The zero-order chi connectivity index (χ0) is 25.3. The smallest absolute Gasteiger partial charge is 0.418 e. The second kappa shape index (κ2) is 9.49. The first-order valence-electron chi connectivity index (χ1n) is 12.0. The first kappa shape index (κ1) is 23.6. The highest BCUT2D eigenvalue weighted by molar-refractivity contribution is 6.17. The van der Waals surface area contributed by atoms with E-state index < -0.39 is 29.6 Å². The van der Waals surface area contributed by atoms with Crippen LogP contribution in [0, 0.1) is 6.92 Å². The minimum atomic E-state index is -1.98. The largest absolute Gasteiger partial charge is 0.497 e. The lowest BCUT2D eigenvalue weighted by molar-refractivity contribution is -0.150. The molecule has 3 amide bonds. The van der Waals surface area contributed by atoms with Crippen molar-refractivity contribution in [3.63, 3.8) is 0 Å². The van der Waals surface area contributed by atoms with E-state index in [9.17, 15) is 14.4 Å². The molecule has 184 valence electrons. The van der Waals surface area contributed by atoms with Crippen LogP contribution >= 0.6 is 0 Å². The topological polar surface area (TPSA) is 84.9 Å². The van der Waals surface area contributed by atoms with Gasteiger partial charge >= 0.3 is 6.09 Å². The Morgan fingerprint density at radius 3 is 2.58 bits per heavy atom. The molecular formula is C29H28N2O5. The number of imide groups is 1. The minimum absolute atomic E-state index is 0.0494. The van der Waals surface area contributed by atoms with Gasteiger partial charge in [0.1, 0.15) is 5.75 Å². The third-order valence-corrected chi connectivity index (χ3v) is 6.90. The maximum absolute atomic E-state index is 13.9. The molecule has 0 saturated carbocycles. The standard InChI is InChI=1S/C29H28N2O5/c1-19-14-21(16-23(15-19)35-2)18-30-26(32)29(17-20-8-4-3-5-9-20)27(33)31(28(34)36-29)25-13-12-22-10-6-7-11-24(22)25/h3-11,14-16,25H,12-13,17-18H2,1-2H3,(H,30,32)/t25-,29-/m1/s1. The van der Waals surface area contributed by atoms with Gasteiger partial charge in [-0.05, 0) is 59.7 Å². The van der Waals surface area contributed by atoms with E-state index in [1.165, 1.54) is 0 Å². The lowest BCUT2D eigenvalue weighted by Crippen LogP contribution is -2.55. The summed E-state index contributed by atoms with van der Waals surface area (Å²) in [6.07, 6.45) is 0.522. The number of methoxy groups -OCH3 is 1. The Morgan fingerprint density at radius 1 is 1.06 bits per heavy atom. The van der Waals surface area contributed by atoms with Gasteiger partial charge in [0.05, 0.1) is 13.2 Å². The Kier molecular flexibility index (Phi) is 6.22. The van der Waals surface area contributed by atoms with Crippen molar-refractivity contribution in [2.75, 3.05) is 7.11 Å². The molecule has 2 atom stereocenters. The average Bonchev–Trinajstić information content (AvgIpc) is 3.41. The van der Waals surface area contributed by atoms with Crippen molar-refractivity contribution in [1.82, 2.24) is 10.2 Å². The number of aryl methyl sites for hydroxylation is 2. The highest BCUT2D eigenvalue weighted by Crippen LogP contribution is 2.41. The molecule has 0 aromatic heterocycles. The second-order valence-corrected chi connectivity index (χ2v) is 9.33. The van der Waals surface area contributed by atoms with Crippen molar-refractivity contribution in [2.45, 2.75) is 44.4 Å². The number of carbonyl (C=O) groups excluding carboxylic acids is 3. The van der Waals surface area contributed by atoms with Gasteiger partial charge in [0.25, 0.3) is 17.4 Å². The number of rotatable bonds is 7. The number of nitrogens with one attached hydrogen (secondary N) is 1. The van der Waals surface area contributed by atoms with E-state index in [0.29, 0.717) is 12.2 Å². The molecule has 1 heterocycles. The van der Waals surface area contributed by atoms with E-state index in [1.54, 1.807) is 7.11 Å². The molecule has 36 heavy (non-hydrogen) atoms. The van der Waals surface area contributed by atoms with Crippen LogP contribution in [-0.4, -0.2) is 35.5 Å². The fraction of sp³-hybridized carbons (Fsp3) is 0.276. The van der Waals surface area contributed by atoms with Crippen molar-refractivity contribution >= 4 is 17.9 Å². The van der Waals surface area contributed by atoms with Crippen LogP contribution in [0.1, 0.15) is 40.3 Å². The molecule has 0 bridgehead atoms. The summed E-state index contributed by atoms with van der Waals surface area (Å²) in [7, 11) is 1.58. The normalized spacial score (nSPS) is 20.7.